The number of alkyl halides is 1. The molecule has 11 heavy (non-hydrogen) atoms. The standard InChI is InChI=1S/C8H7ClO2/c9-6-7(10)3-4-8-2-1-5-11-8/h1-5H,6H2/b4-3+. The van der Waals surface area contributed by atoms with Crippen molar-refractivity contribution >= 4 is 23.5 Å². The fourth-order valence-electron chi connectivity index (χ4n) is 0.606. The number of halogens is 1. The van der Waals surface area contributed by atoms with E-state index in [0.717, 1.165) is 0 Å². The van der Waals surface area contributed by atoms with E-state index in [4.69, 9.17) is 16.0 Å². The van der Waals surface area contributed by atoms with Gasteiger partial charge >= 0.3 is 0 Å². The molecule has 58 valence electrons. The Morgan fingerprint density at radius 3 is 3.09 bits per heavy atom. The zero-order valence-corrected chi connectivity index (χ0v) is 6.54. The molecule has 0 aliphatic heterocycles. The van der Waals surface area contributed by atoms with E-state index in [-0.39, 0.29) is 11.7 Å². The van der Waals surface area contributed by atoms with Gasteiger partial charge in [-0.1, -0.05) is 0 Å². The molecule has 0 atom stereocenters. The van der Waals surface area contributed by atoms with E-state index in [1.165, 1.54) is 6.08 Å². The van der Waals surface area contributed by atoms with Gasteiger partial charge < -0.3 is 4.42 Å². The molecule has 0 radical (unpaired) electrons. The highest BCUT2D eigenvalue weighted by Gasteiger charge is 1.92. The second kappa shape index (κ2) is 3.98. The highest BCUT2D eigenvalue weighted by atomic mass is 35.5. The molecule has 2 nitrogen and oxygen atoms in total. The molecule has 3 heteroatoms. The molecule has 0 saturated heterocycles. The fraction of sp³-hybridized carbons (Fsp3) is 0.125. The van der Waals surface area contributed by atoms with Crippen molar-refractivity contribution in [1.82, 2.24) is 0 Å². The second-order valence-electron chi connectivity index (χ2n) is 1.95. The number of furan rings is 1. The molecule has 0 saturated carbocycles. The molecule has 0 bridgehead atoms. The Bertz CT molecular complexity index is 249. The van der Waals surface area contributed by atoms with Crippen LogP contribution in [0.4, 0.5) is 0 Å². The van der Waals surface area contributed by atoms with E-state index in [9.17, 15) is 4.79 Å². The molecule has 0 spiro atoms. The highest BCUT2D eigenvalue weighted by molar-refractivity contribution is 6.29. The van der Waals surface area contributed by atoms with Crippen LogP contribution in [0.2, 0.25) is 0 Å². The van der Waals surface area contributed by atoms with Crippen molar-refractivity contribution in [1.29, 1.82) is 0 Å². The minimum atomic E-state index is -0.122. The monoisotopic (exact) mass is 170 g/mol. The van der Waals surface area contributed by atoms with Crippen molar-refractivity contribution in [3.63, 3.8) is 0 Å². The first kappa shape index (κ1) is 8.08. The first-order valence-electron chi connectivity index (χ1n) is 3.13. The molecule has 1 rings (SSSR count). The molecular weight excluding hydrogens is 164 g/mol. The number of ketones is 1. The summed E-state index contributed by atoms with van der Waals surface area (Å²) in [6.07, 6.45) is 4.53. The van der Waals surface area contributed by atoms with Gasteiger partial charge in [0.1, 0.15) is 5.76 Å². The van der Waals surface area contributed by atoms with E-state index in [2.05, 4.69) is 0 Å². The van der Waals surface area contributed by atoms with Crippen molar-refractivity contribution in [2.45, 2.75) is 0 Å². The van der Waals surface area contributed by atoms with Crippen molar-refractivity contribution in [3.8, 4) is 0 Å². The van der Waals surface area contributed by atoms with E-state index < -0.39 is 0 Å². The maximum Gasteiger partial charge on any atom is 0.170 e. The van der Waals surface area contributed by atoms with Crippen molar-refractivity contribution in [3.05, 3.63) is 30.2 Å². The minimum absolute atomic E-state index is 0.0111. The van der Waals surface area contributed by atoms with Crippen LogP contribution in [0.1, 0.15) is 5.76 Å². The highest BCUT2D eigenvalue weighted by Crippen LogP contribution is 2.01. The molecule has 0 unspecified atom stereocenters. The summed E-state index contributed by atoms with van der Waals surface area (Å²) >= 11 is 5.26. The lowest BCUT2D eigenvalue weighted by molar-refractivity contribution is -0.112. The number of hydrogen-bond donors (Lipinski definition) is 0. The Kier molecular flexibility index (Phi) is 2.93. The molecule has 0 fully saturated rings. The van der Waals surface area contributed by atoms with E-state index in [1.54, 1.807) is 24.5 Å². The third kappa shape index (κ3) is 2.60. The topological polar surface area (TPSA) is 30.2 Å². The van der Waals surface area contributed by atoms with Crippen molar-refractivity contribution in [2.24, 2.45) is 0 Å². The smallest absolute Gasteiger partial charge is 0.170 e. The number of carbonyl (C=O) groups excluding carboxylic acids is 1. The largest absolute Gasteiger partial charge is 0.465 e. The summed E-state index contributed by atoms with van der Waals surface area (Å²) < 4.78 is 4.95. The minimum Gasteiger partial charge on any atom is -0.465 e. The van der Waals surface area contributed by atoms with Crippen LogP contribution in [0.5, 0.6) is 0 Å². The van der Waals surface area contributed by atoms with Crippen LogP contribution in [0, 0.1) is 0 Å². The average molecular weight is 171 g/mol. The van der Waals surface area contributed by atoms with Crippen LogP contribution < -0.4 is 0 Å². The summed E-state index contributed by atoms with van der Waals surface area (Å²) in [5.41, 5.74) is 0. The number of allylic oxidation sites excluding steroid dienone is 1. The van der Waals surface area contributed by atoms with Gasteiger partial charge in [0.2, 0.25) is 0 Å². The summed E-state index contributed by atoms with van der Waals surface area (Å²) in [7, 11) is 0. The number of carbonyl (C=O) groups is 1. The zero-order chi connectivity index (χ0) is 8.10. The van der Waals surface area contributed by atoms with Gasteiger partial charge in [0.05, 0.1) is 12.1 Å². The summed E-state index contributed by atoms with van der Waals surface area (Å²) in [6, 6.07) is 3.52. The normalized spacial score (nSPS) is 10.6. The van der Waals surface area contributed by atoms with Gasteiger partial charge in [0.25, 0.3) is 0 Å². The van der Waals surface area contributed by atoms with Crippen LogP contribution in [0.3, 0.4) is 0 Å². The summed E-state index contributed by atoms with van der Waals surface area (Å²) in [5.74, 6) is 0.545. The maximum atomic E-state index is 10.6. The van der Waals surface area contributed by atoms with Crippen molar-refractivity contribution in [2.75, 3.05) is 5.88 Å². The third-order valence-corrected chi connectivity index (χ3v) is 1.37. The Morgan fingerprint density at radius 2 is 2.55 bits per heavy atom. The summed E-state index contributed by atoms with van der Waals surface area (Å²) in [6.45, 7) is 0. The van der Waals surface area contributed by atoms with Gasteiger partial charge in [-0.2, -0.15) is 0 Å². The Balaban J connectivity index is 2.55. The Morgan fingerprint density at radius 1 is 1.73 bits per heavy atom. The van der Waals surface area contributed by atoms with Crippen molar-refractivity contribution < 1.29 is 9.21 Å². The van der Waals surface area contributed by atoms with E-state index >= 15 is 0 Å². The second-order valence-corrected chi connectivity index (χ2v) is 2.22. The lowest BCUT2D eigenvalue weighted by Gasteiger charge is -1.82. The average Bonchev–Trinajstić information content (AvgIpc) is 2.52. The zero-order valence-electron chi connectivity index (χ0n) is 5.79. The lowest BCUT2D eigenvalue weighted by atomic mass is 10.3. The third-order valence-electron chi connectivity index (χ3n) is 1.11. The fourth-order valence-corrected chi connectivity index (χ4v) is 0.695. The molecule has 1 aromatic heterocycles. The van der Waals surface area contributed by atoms with Gasteiger partial charge in [-0.15, -0.1) is 11.6 Å². The molecule has 0 N–H and O–H groups in total. The predicted molar refractivity (Wildman–Crippen MR) is 43.5 cm³/mol. The van der Waals surface area contributed by atoms with Crippen LogP contribution in [0.25, 0.3) is 6.08 Å². The SMILES string of the molecule is O=C(/C=C/c1ccco1)CCl. The first-order chi connectivity index (χ1) is 5.33. The lowest BCUT2D eigenvalue weighted by Crippen LogP contribution is -1.91. The van der Waals surface area contributed by atoms with Gasteiger partial charge in [-0.05, 0) is 24.3 Å². The van der Waals surface area contributed by atoms with Gasteiger partial charge in [-0.25, -0.2) is 0 Å². The van der Waals surface area contributed by atoms with Gasteiger partial charge in [-0.3, -0.25) is 4.79 Å². The first-order valence-corrected chi connectivity index (χ1v) is 3.67. The van der Waals surface area contributed by atoms with Crippen LogP contribution in [0.15, 0.2) is 28.9 Å². The molecule has 0 aliphatic carbocycles. The predicted octanol–water partition coefficient (Wildman–Crippen LogP) is 2.10. The van der Waals surface area contributed by atoms with Crippen LogP contribution in [-0.4, -0.2) is 11.7 Å². The summed E-state index contributed by atoms with van der Waals surface area (Å²) in [5, 5.41) is 0. The number of rotatable bonds is 3. The molecule has 1 aromatic rings. The molecule has 0 aromatic carbocycles. The van der Waals surface area contributed by atoms with Crippen LogP contribution in [-0.2, 0) is 4.79 Å². The Labute approximate surface area is 69.5 Å². The van der Waals surface area contributed by atoms with E-state index in [1.807, 2.05) is 0 Å². The quantitative estimate of drug-likeness (QED) is 0.514. The van der Waals surface area contributed by atoms with Gasteiger partial charge in [0, 0.05) is 0 Å². The maximum absolute atomic E-state index is 10.6. The van der Waals surface area contributed by atoms with Crippen LogP contribution >= 0.6 is 11.6 Å². The molecular formula is C8H7ClO2. The van der Waals surface area contributed by atoms with E-state index in [0.29, 0.717) is 5.76 Å². The summed E-state index contributed by atoms with van der Waals surface area (Å²) in [4.78, 5) is 10.6. The Hall–Kier alpha value is -1.02. The molecule has 0 amide bonds. The molecule has 0 aliphatic rings. The number of hydrogen-bond acceptors (Lipinski definition) is 2. The molecule has 1 heterocycles. The van der Waals surface area contributed by atoms with Gasteiger partial charge in [0.15, 0.2) is 5.78 Å².